The van der Waals surface area contributed by atoms with Crippen molar-refractivity contribution in [2.75, 3.05) is 19.6 Å². The summed E-state index contributed by atoms with van der Waals surface area (Å²) in [4.78, 5) is 15.1. The van der Waals surface area contributed by atoms with Crippen LogP contribution >= 0.6 is 0 Å². The molecule has 0 radical (unpaired) electrons. The second-order valence-corrected chi connectivity index (χ2v) is 7.06. The number of hydrogen-bond donors (Lipinski definition) is 1. The zero-order chi connectivity index (χ0) is 16.2. The second-order valence-electron chi connectivity index (χ2n) is 7.06. The van der Waals surface area contributed by atoms with Crippen LogP contribution in [0.25, 0.3) is 0 Å². The Bertz CT molecular complexity index is 538. The third-order valence-electron chi connectivity index (χ3n) is 5.49. The molecule has 3 nitrogen and oxygen atoms in total. The molecule has 1 atom stereocenters. The van der Waals surface area contributed by atoms with Gasteiger partial charge in [-0.1, -0.05) is 31.9 Å². The van der Waals surface area contributed by atoms with E-state index in [1.165, 1.54) is 18.9 Å². The van der Waals surface area contributed by atoms with E-state index in [0.29, 0.717) is 24.4 Å². The van der Waals surface area contributed by atoms with Crippen LogP contribution in [-0.4, -0.2) is 36.5 Å². The summed E-state index contributed by atoms with van der Waals surface area (Å²) >= 11 is 0. The average molecular weight is 318 g/mol. The highest BCUT2D eigenvalue weighted by molar-refractivity contribution is 5.79. The molecule has 1 saturated heterocycles. The highest BCUT2D eigenvalue weighted by Gasteiger charge is 2.34. The number of carbonyl (C=O) groups excluding carboxylic acids is 1. The zero-order valence-corrected chi connectivity index (χ0v) is 13.9. The van der Waals surface area contributed by atoms with Crippen LogP contribution in [-0.2, 0) is 11.2 Å². The second kappa shape index (κ2) is 7.43. The first-order valence-corrected chi connectivity index (χ1v) is 8.91. The third-order valence-corrected chi connectivity index (χ3v) is 5.49. The van der Waals surface area contributed by atoms with Crippen molar-refractivity contribution in [1.82, 2.24) is 10.2 Å². The minimum atomic E-state index is -0.199. The predicted octanol–water partition coefficient (Wildman–Crippen LogP) is 2.99. The third kappa shape index (κ3) is 3.92. The maximum atomic E-state index is 13.4. The van der Waals surface area contributed by atoms with Gasteiger partial charge in [-0.2, -0.15) is 0 Å². The maximum absolute atomic E-state index is 13.4. The molecule has 3 rings (SSSR count). The maximum Gasteiger partial charge on any atom is 0.226 e. The topological polar surface area (TPSA) is 32.3 Å². The molecule has 1 N–H and O–H groups in total. The number of carbonyl (C=O) groups is 1. The highest BCUT2D eigenvalue weighted by Crippen LogP contribution is 2.27. The molecular formula is C19H27FN2O. The molecule has 1 aromatic carbocycles. The molecule has 0 aromatic heterocycles. The van der Waals surface area contributed by atoms with Crippen molar-refractivity contribution in [3.05, 3.63) is 35.6 Å². The summed E-state index contributed by atoms with van der Waals surface area (Å²) in [6.07, 6.45) is 5.40. The van der Waals surface area contributed by atoms with Crippen molar-refractivity contribution in [3.63, 3.8) is 0 Å². The minimum absolute atomic E-state index is 0.0874. The fourth-order valence-corrected chi connectivity index (χ4v) is 3.76. The molecule has 126 valence electrons. The lowest BCUT2D eigenvalue weighted by molar-refractivity contribution is -0.139. The van der Waals surface area contributed by atoms with Crippen LogP contribution in [0.5, 0.6) is 0 Å². The number of amides is 1. The van der Waals surface area contributed by atoms with Crippen LogP contribution < -0.4 is 5.32 Å². The van der Waals surface area contributed by atoms with Crippen LogP contribution in [0, 0.1) is 17.7 Å². The lowest BCUT2D eigenvalue weighted by Crippen LogP contribution is -2.52. The molecule has 1 aliphatic carbocycles. The number of benzene rings is 1. The average Bonchev–Trinajstić information content (AvgIpc) is 2.99. The Labute approximate surface area is 138 Å². The Balaban J connectivity index is 1.66. The molecule has 1 saturated carbocycles. The summed E-state index contributed by atoms with van der Waals surface area (Å²) in [5.41, 5.74) is 0.971. The standard InChI is InChI=1S/C19H27FN2O/c1-14(16-12-21-13-16)19(23)22(18-7-2-3-8-18)10-9-15-5-4-6-17(20)11-15/h4-6,11,14,16,18,21H,2-3,7-10,12-13H2,1H3. The number of rotatable bonds is 6. The fourth-order valence-electron chi connectivity index (χ4n) is 3.76. The van der Waals surface area contributed by atoms with Crippen LogP contribution in [0.1, 0.15) is 38.2 Å². The van der Waals surface area contributed by atoms with E-state index < -0.39 is 0 Å². The number of halogens is 1. The number of nitrogens with zero attached hydrogens (tertiary/aromatic N) is 1. The first kappa shape index (κ1) is 16.4. The van der Waals surface area contributed by atoms with Gasteiger partial charge < -0.3 is 10.2 Å². The summed E-state index contributed by atoms with van der Waals surface area (Å²) in [6.45, 7) is 4.68. The molecule has 0 spiro atoms. The Morgan fingerprint density at radius 2 is 2.09 bits per heavy atom. The molecule has 1 unspecified atom stereocenters. The van der Waals surface area contributed by atoms with Gasteiger partial charge in [-0.3, -0.25) is 4.79 Å². The summed E-state index contributed by atoms with van der Waals surface area (Å²) in [5.74, 6) is 0.653. The molecule has 1 aromatic rings. The van der Waals surface area contributed by atoms with E-state index >= 15 is 0 Å². The first-order chi connectivity index (χ1) is 11.1. The van der Waals surface area contributed by atoms with E-state index in [1.807, 2.05) is 6.07 Å². The smallest absolute Gasteiger partial charge is 0.226 e. The molecule has 2 fully saturated rings. The van der Waals surface area contributed by atoms with Gasteiger partial charge in [-0.15, -0.1) is 0 Å². The highest BCUT2D eigenvalue weighted by atomic mass is 19.1. The van der Waals surface area contributed by atoms with Crippen molar-refractivity contribution in [1.29, 1.82) is 0 Å². The summed E-state index contributed by atoms with van der Waals surface area (Å²) in [5, 5.41) is 3.26. The van der Waals surface area contributed by atoms with Crippen LogP contribution in [0.15, 0.2) is 24.3 Å². The Morgan fingerprint density at radius 3 is 2.70 bits per heavy atom. The van der Waals surface area contributed by atoms with E-state index in [4.69, 9.17) is 0 Å². The normalized spacial score (nSPS) is 20.3. The van der Waals surface area contributed by atoms with Crippen LogP contribution in [0.3, 0.4) is 0 Å². The molecule has 2 aliphatic rings. The summed E-state index contributed by atoms with van der Waals surface area (Å²) in [6, 6.07) is 7.12. The lowest BCUT2D eigenvalue weighted by Gasteiger charge is -2.37. The molecular weight excluding hydrogens is 291 g/mol. The summed E-state index contributed by atoms with van der Waals surface area (Å²) in [7, 11) is 0. The Hall–Kier alpha value is -1.42. The van der Waals surface area contributed by atoms with Gasteiger partial charge in [0.05, 0.1) is 0 Å². The van der Waals surface area contributed by atoms with Gasteiger partial charge in [0, 0.05) is 18.5 Å². The monoisotopic (exact) mass is 318 g/mol. The lowest BCUT2D eigenvalue weighted by atomic mass is 9.87. The molecule has 1 aliphatic heterocycles. The minimum Gasteiger partial charge on any atom is -0.339 e. The summed E-state index contributed by atoms with van der Waals surface area (Å²) < 4.78 is 13.4. The van der Waals surface area contributed by atoms with Gasteiger partial charge in [0.2, 0.25) is 5.91 Å². The predicted molar refractivity (Wildman–Crippen MR) is 89.6 cm³/mol. The van der Waals surface area contributed by atoms with Crippen LogP contribution in [0.4, 0.5) is 4.39 Å². The van der Waals surface area contributed by atoms with Crippen LogP contribution in [0.2, 0.25) is 0 Å². The van der Waals surface area contributed by atoms with E-state index in [0.717, 1.165) is 37.9 Å². The Kier molecular flexibility index (Phi) is 5.31. The zero-order valence-electron chi connectivity index (χ0n) is 13.9. The van der Waals surface area contributed by atoms with Crippen molar-refractivity contribution in [2.24, 2.45) is 11.8 Å². The van der Waals surface area contributed by atoms with Gasteiger partial charge in [-0.05, 0) is 56.0 Å². The van der Waals surface area contributed by atoms with E-state index in [2.05, 4.69) is 17.1 Å². The molecule has 0 bridgehead atoms. The van der Waals surface area contributed by atoms with E-state index in [-0.39, 0.29) is 11.7 Å². The van der Waals surface area contributed by atoms with Gasteiger partial charge in [0.25, 0.3) is 0 Å². The fraction of sp³-hybridized carbons (Fsp3) is 0.632. The van der Waals surface area contributed by atoms with Gasteiger partial charge >= 0.3 is 0 Å². The van der Waals surface area contributed by atoms with Gasteiger partial charge in [-0.25, -0.2) is 4.39 Å². The van der Waals surface area contributed by atoms with Crippen molar-refractivity contribution < 1.29 is 9.18 Å². The first-order valence-electron chi connectivity index (χ1n) is 8.91. The van der Waals surface area contributed by atoms with Gasteiger partial charge in [0.15, 0.2) is 0 Å². The Morgan fingerprint density at radius 1 is 1.35 bits per heavy atom. The molecule has 1 heterocycles. The van der Waals surface area contributed by atoms with Crippen molar-refractivity contribution in [2.45, 2.75) is 45.1 Å². The SMILES string of the molecule is CC(C(=O)N(CCc1cccc(F)c1)C1CCCC1)C1CNC1. The van der Waals surface area contributed by atoms with E-state index in [1.54, 1.807) is 12.1 Å². The van der Waals surface area contributed by atoms with Crippen molar-refractivity contribution in [3.8, 4) is 0 Å². The molecule has 1 amide bonds. The van der Waals surface area contributed by atoms with Crippen molar-refractivity contribution >= 4 is 5.91 Å². The molecule has 23 heavy (non-hydrogen) atoms. The largest absolute Gasteiger partial charge is 0.339 e. The quantitative estimate of drug-likeness (QED) is 0.874. The number of hydrogen-bond acceptors (Lipinski definition) is 2. The van der Waals surface area contributed by atoms with Gasteiger partial charge in [0.1, 0.15) is 5.82 Å². The molecule has 4 heteroatoms. The van der Waals surface area contributed by atoms with E-state index in [9.17, 15) is 9.18 Å². The number of nitrogens with one attached hydrogen (secondary N) is 1.